The van der Waals surface area contributed by atoms with E-state index >= 15 is 0 Å². The van der Waals surface area contributed by atoms with Crippen molar-refractivity contribution in [2.45, 2.75) is 36.4 Å². The highest BCUT2D eigenvalue weighted by Crippen LogP contribution is 2.53. The van der Waals surface area contributed by atoms with Gasteiger partial charge in [0.05, 0.1) is 68.4 Å². The van der Waals surface area contributed by atoms with Gasteiger partial charge in [0.25, 0.3) is 0 Å². The Bertz CT molecular complexity index is 2020. The molecule has 0 saturated heterocycles. The Hall–Kier alpha value is -5.91. The van der Waals surface area contributed by atoms with E-state index in [0.29, 0.717) is 34.5 Å². The molecule has 1 aliphatic rings. The first-order valence-corrected chi connectivity index (χ1v) is 18.0. The summed E-state index contributed by atoms with van der Waals surface area (Å²) in [4.78, 5) is 11.0. The molecule has 0 amide bonds. The molecule has 0 unspecified atom stereocenters. The van der Waals surface area contributed by atoms with Crippen molar-refractivity contribution >= 4 is 12.4 Å². The third-order valence-electron chi connectivity index (χ3n) is 9.68. The number of phenolic OH excluding ortho intramolecular Hbond substituents is 1. The van der Waals surface area contributed by atoms with E-state index in [0.717, 1.165) is 0 Å². The molecule has 0 fully saturated rings. The molecule has 6 atom stereocenters. The molecule has 0 spiro atoms. The van der Waals surface area contributed by atoms with Gasteiger partial charge in [-0.25, -0.2) is 0 Å². The highest BCUT2D eigenvalue weighted by molar-refractivity contribution is 5.75. The SMILES string of the molecule is COc1cc([C@@H](O)[C@H](CO)Oc2c(OC)cc([C@@H](O)[C@H](CO)Oc3c(OC)cc([C@@H]4Oc5c(OC)cc(/C=C/C=O)cc5[C@H]4CO)cc3OC)cc2OC)ccc1O. The largest absolute Gasteiger partial charge is 0.504 e. The van der Waals surface area contributed by atoms with E-state index in [1.807, 2.05) is 6.07 Å². The van der Waals surface area contributed by atoms with E-state index in [-0.39, 0.29) is 63.7 Å². The van der Waals surface area contributed by atoms with E-state index in [2.05, 4.69) is 0 Å². The second kappa shape index (κ2) is 19.5. The number of hydrogen-bond donors (Lipinski definition) is 6. The third kappa shape index (κ3) is 8.80. The highest BCUT2D eigenvalue weighted by Gasteiger charge is 2.39. The Labute approximate surface area is 334 Å². The topological polar surface area (TPSA) is 222 Å². The quantitative estimate of drug-likeness (QED) is 0.0552. The number of aliphatic hydroxyl groups is 5. The van der Waals surface area contributed by atoms with Crippen LogP contribution in [0.5, 0.6) is 57.5 Å². The molecule has 58 heavy (non-hydrogen) atoms. The van der Waals surface area contributed by atoms with Gasteiger partial charge in [0.1, 0.15) is 24.6 Å². The average Bonchev–Trinajstić information content (AvgIpc) is 3.64. The van der Waals surface area contributed by atoms with Gasteiger partial charge in [0.15, 0.2) is 58.2 Å². The van der Waals surface area contributed by atoms with Crippen molar-refractivity contribution in [3.8, 4) is 57.5 Å². The van der Waals surface area contributed by atoms with E-state index in [4.69, 9.17) is 42.6 Å². The van der Waals surface area contributed by atoms with Crippen molar-refractivity contribution < 1.29 is 78.1 Å². The molecule has 1 heterocycles. The van der Waals surface area contributed by atoms with Gasteiger partial charge in [-0.3, -0.25) is 4.79 Å². The van der Waals surface area contributed by atoms with Crippen LogP contribution in [0.15, 0.2) is 60.7 Å². The number of carbonyl (C=O) groups is 1. The van der Waals surface area contributed by atoms with Crippen LogP contribution >= 0.6 is 0 Å². The number of fused-ring (bicyclic) bond motifs is 1. The van der Waals surface area contributed by atoms with Crippen LogP contribution in [0.4, 0.5) is 0 Å². The Morgan fingerprint density at radius 2 is 1.16 bits per heavy atom. The molecule has 4 aromatic rings. The van der Waals surface area contributed by atoms with Crippen molar-refractivity contribution in [1.82, 2.24) is 0 Å². The lowest BCUT2D eigenvalue weighted by Crippen LogP contribution is -2.30. The predicted octanol–water partition coefficient (Wildman–Crippen LogP) is 3.81. The van der Waals surface area contributed by atoms with Crippen LogP contribution in [-0.2, 0) is 4.79 Å². The summed E-state index contributed by atoms with van der Waals surface area (Å²) in [5, 5.41) is 64.0. The summed E-state index contributed by atoms with van der Waals surface area (Å²) in [6.07, 6.45) is -2.56. The van der Waals surface area contributed by atoms with Crippen LogP contribution < -0.4 is 42.6 Å². The predicted molar refractivity (Wildman–Crippen MR) is 208 cm³/mol. The number of ether oxygens (including phenoxy) is 9. The van der Waals surface area contributed by atoms with E-state index in [1.54, 1.807) is 24.3 Å². The zero-order chi connectivity index (χ0) is 42.1. The van der Waals surface area contributed by atoms with Crippen molar-refractivity contribution in [1.29, 1.82) is 0 Å². The standard InChI is InChI=1S/C42H48O16/c1-50-29-14-23(9-10-28(29)47)37(48)35(20-45)56-41-31(52-3)15-24(16-32(41)53-4)38(49)36(21-46)57-42-33(54-5)17-25(18-34(42)55-6)39-27(19-44)26-12-22(8-7-11-43)13-30(51-2)40(26)58-39/h7-18,27,35-39,44-49H,19-21H2,1-6H3/b8-7+/t27-,35+,36+,37-,38-,39+/m1/s1. The number of hydrogen-bond acceptors (Lipinski definition) is 16. The van der Waals surface area contributed by atoms with Gasteiger partial charge in [-0.2, -0.15) is 0 Å². The molecule has 4 aromatic carbocycles. The summed E-state index contributed by atoms with van der Waals surface area (Å²) < 4.78 is 51.9. The maximum atomic E-state index is 11.6. The molecule has 0 bridgehead atoms. The van der Waals surface area contributed by atoms with Crippen molar-refractivity contribution in [2.75, 3.05) is 62.5 Å². The van der Waals surface area contributed by atoms with Crippen molar-refractivity contribution in [2.24, 2.45) is 0 Å². The van der Waals surface area contributed by atoms with Gasteiger partial charge >= 0.3 is 0 Å². The molecule has 0 aromatic heterocycles. The van der Waals surface area contributed by atoms with Gasteiger partial charge in [0.2, 0.25) is 11.5 Å². The van der Waals surface area contributed by atoms with Gasteiger partial charge in [-0.1, -0.05) is 12.1 Å². The number of aromatic hydroxyl groups is 1. The Kier molecular flexibility index (Phi) is 14.5. The van der Waals surface area contributed by atoms with E-state index < -0.39 is 49.7 Å². The summed E-state index contributed by atoms with van der Waals surface area (Å²) in [5.41, 5.74) is 2.36. The zero-order valence-electron chi connectivity index (χ0n) is 32.8. The summed E-state index contributed by atoms with van der Waals surface area (Å²) in [7, 11) is 8.35. The molecule has 0 radical (unpaired) electrons. The molecule has 16 nitrogen and oxygen atoms in total. The Morgan fingerprint density at radius 3 is 1.64 bits per heavy atom. The van der Waals surface area contributed by atoms with Crippen LogP contribution in [0, 0.1) is 0 Å². The van der Waals surface area contributed by atoms with E-state index in [9.17, 15) is 35.4 Å². The number of methoxy groups -OCH3 is 6. The minimum atomic E-state index is -1.51. The normalized spacial score (nSPS) is 16.7. The lowest BCUT2D eigenvalue weighted by Gasteiger charge is -2.28. The lowest BCUT2D eigenvalue weighted by atomic mass is 9.90. The fourth-order valence-corrected chi connectivity index (χ4v) is 6.69. The second-order valence-corrected chi connectivity index (χ2v) is 13.0. The minimum absolute atomic E-state index is 0.00562. The maximum absolute atomic E-state index is 11.6. The molecule has 5 rings (SSSR count). The Balaban J connectivity index is 1.44. The molecule has 16 heteroatoms. The van der Waals surface area contributed by atoms with Crippen molar-refractivity contribution in [3.05, 3.63) is 88.5 Å². The smallest absolute Gasteiger partial charge is 0.204 e. The van der Waals surface area contributed by atoms with Crippen LogP contribution in [0.1, 0.15) is 52.0 Å². The minimum Gasteiger partial charge on any atom is -0.504 e. The third-order valence-corrected chi connectivity index (χ3v) is 9.68. The first-order valence-electron chi connectivity index (χ1n) is 18.0. The molecular weight excluding hydrogens is 760 g/mol. The van der Waals surface area contributed by atoms with Gasteiger partial charge in [0, 0.05) is 11.1 Å². The second-order valence-electron chi connectivity index (χ2n) is 13.0. The number of aldehydes is 1. The lowest BCUT2D eigenvalue weighted by molar-refractivity contribution is -0.104. The summed E-state index contributed by atoms with van der Waals surface area (Å²) in [6, 6.07) is 13.8. The molecule has 6 N–H and O–H groups in total. The Morgan fingerprint density at radius 1 is 0.655 bits per heavy atom. The number of benzene rings is 4. The maximum Gasteiger partial charge on any atom is 0.204 e. The number of carbonyl (C=O) groups excluding carboxylic acids is 1. The van der Waals surface area contributed by atoms with Gasteiger partial charge in [-0.15, -0.1) is 0 Å². The molecule has 0 aliphatic carbocycles. The summed E-state index contributed by atoms with van der Waals surface area (Å²) in [6.45, 7) is -1.62. The first kappa shape index (κ1) is 43.2. The monoisotopic (exact) mass is 808 g/mol. The van der Waals surface area contributed by atoms with Crippen LogP contribution in [0.3, 0.4) is 0 Å². The molecule has 0 saturated carbocycles. The number of allylic oxidation sites excluding steroid dienone is 1. The number of phenols is 1. The average molecular weight is 809 g/mol. The van der Waals surface area contributed by atoms with Gasteiger partial charge < -0.3 is 73.3 Å². The van der Waals surface area contributed by atoms with Crippen LogP contribution in [-0.4, -0.2) is 112 Å². The van der Waals surface area contributed by atoms with Crippen LogP contribution in [0.25, 0.3) is 6.08 Å². The summed E-state index contributed by atoms with van der Waals surface area (Å²) >= 11 is 0. The van der Waals surface area contributed by atoms with Crippen molar-refractivity contribution in [3.63, 3.8) is 0 Å². The molecule has 1 aliphatic heterocycles. The van der Waals surface area contributed by atoms with Crippen LogP contribution in [0.2, 0.25) is 0 Å². The molecule has 312 valence electrons. The fraction of sp³-hybridized carbons (Fsp3) is 0.357. The van der Waals surface area contributed by atoms with E-state index in [1.165, 1.54) is 79.1 Å². The molecular formula is C42H48O16. The zero-order valence-corrected chi connectivity index (χ0v) is 32.8. The first-order chi connectivity index (χ1) is 28.0. The van der Waals surface area contributed by atoms with Gasteiger partial charge in [-0.05, 0) is 71.3 Å². The number of aliphatic hydroxyl groups excluding tert-OH is 5. The fourth-order valence-electron chi connectivity index (χ4n) is 6.69. The highest BCUT2D eigenvalue weighted by atomic mass is 16.6. The number of rotatable bonds is 20. The summed E-state index contributed by atoms with van der Waals surface area (Å²) in [5.74, 6) is 0.742.